The van der Waals surface area contributed by atoms with Gasteiger partial charge in [0.2, 0.25) is 5.91 Å². The van der Waals surface area contributed by atoms with E-state index in [-0.39, 0.29) is 5.91 Å². The van der Waals surface area contributed by atoms with Crippen molar-refractivity contribution < 1.29 is 14.7 Å². The summed E-state index contributed by atoms with van der Waals surface area (Å²) < 4.78 is 0. The highest BCUT2D eigenvalue weighted by atomic mass is 35.5. The van der Waals surface area contributed by atoms with Crippen molar-refractivity contribution in [3.63, 3.8) is 0 Å². The number of nitrogens with zero attached hydrogens (tertiary/aromatic N) is 1. The molecule has 1 atom stereocenters. The lowest BCUT2D eigenvalue weighted by molar-refractivity contribution is -0.156. The molecule has 2 rings (SSSR count). The van der Waals surface area contributed by atoms with Crippen LogP contribution in [-0.2, 0) is 22.4 Å². The fourth-order valence-corrected chi connectivity index (χ4v) is 2.65. The molecule has 1 aromatic carbocycles. The molecule has 1 amide bonds. The van der Waals surface area contributed by atoms with E-state index in [0.29, 0.717) is 17.9 Å². The Kier molecular flexibility index (Phi) is 3.07. The molecular formula is C13H14ClNO3. The van der Waals surface area contributed by atoms with E-state index in [1.165, 1.54) is 18.9 Å². The van der Waals surface area contributed by atoms with Gasteiger partial charge in [0, 0.05) is 31.8 Å². The summed E-state index contributed by atoms with van der Waals surface area (Å²) in [6.45, 7) is 1.38. The molecule has 0 heterocycles. The lowest BCUT2D eigenvalue weighted by Crippen LogP contribution is -2.55. The molecule has 1 aliphatic carbocycles. The molecule has 4 nitrogen and oxygen atoms in total. The molecule has 1 aromatic rings. The van der Waals surface area contributed by atoms with Crippen molar-refractivity contribution in [2.24, 2.45) is 0 Å². The number of halogens is 1. The lowest BCUT2D eigenvalue weighted by Gasteiger charge is -2.34. The summed E-state index contributed by atoms with van der Waals surface area (Å²) in [6, 6.07) is 5.35. The number of rotatable bonds is 2. The van der Waals surface area contributed by atoms with E-state index in [1.807, 2.05) is 6.07 Å². The highest BCUT2D eigenvalue weighted by Gasteiger charge is 2.48. The first-order valence-corrected chi connectivity index (χ1v) is 6.00. The van der Waals surface area contributed by atoms with E-state index >= 15 is 0 Å². The summed E-state index contributed by atoms with van der Waals surface area (Å²) in [5, 5.41) is 10.1. The van der Waals surface area contributed by atoms with Crippen molar-refractivity contribution in [2.75, 3.05) is 7.05 Å². The van der Waals surface area contributed by atoms with Gasteiger partial charge in [0.25, 0.3) is 0 Å². The summed E-state index contributed by atoms with van der Waals surface area (Å²) in [7, 11) is 1.53. The first-order valence-electron chi connectivity index (χ1n) is 5.62. The smallest absolute Gasteiger partial charge is 0.330 e. The molecule has 5 heteroatoms. The second-order valence-electron chi connectivity index (χ2n) is 4.68. The molecular weight excluding hydrogens is 254 g/mol. The van der Waals surface area contributed by atoms with Crippen LogP contribution < -0.4 is 0 Å². The molecule has 0 aromatic heterocycles. The van der Waals surface area contributed by atoms with Gasteiger partial charge in [-0.1, -0.05) is 17.7 Å². The third kappa shape index (κ3) is 1.86. The van der Waals surface area contributed by atoms with E-state index in [0.717, 1.165) is 11.1 Å². The summed E-state index contributed by atoms with van der Waals surface area (Å²) in [5.41, 5.74) is 0.659. The number of carboxylic acids is 1. The lowest BCUT2D eigenvalue weighted by atomic mass is 9.94. The largest absolute Gasteiger partial charge is 0.479 e. The second-order valence-corrected chi connectivity index (χ2v) is 5.12. The maximum atomic E-state index is 11.6. The number of benzene rings is 1. The van der Waals surface area contributed by atoms with Gasteiger partial charge in [-0.3, -0.25) is 4.79 Å². The van der Waals surface area contributed by atoms with Crippen molar-refractivity contribution in [3.05, 3.63) is 34.3 Å². The maximum absolute atomic E-state index is 11.6. The van der Waals surface area contributed by atoms with Gasteiger partial charge in [-0.25, -0.2) is 4.79 Å². The van der Waals surface area contributed by atoms with Gasteiger partial charge >= 0.3 is 5.97 Å². The number of carboxylic acid groups (broad SMARTS) is 1. The molecule has 96 valence electrons. The number of aliphatic carboxylic acids is 1. The Labute approximate surface area is 110 Å². The van der Waals surface area contributed by atoms with Crippen LogP contribution in [0.15, 0.2) is 18.2 Å². The number of carbonyl (C=O) groups is 2. The topological polar surface area (TPSA) is 57.6 Å². The van der Waals surface area contributed by atoms with E-state index in [9.17, 15) is 14.7 Å². The van der Waals surface area contributed by atoms with Gasteiger partial charge in [0.1, 0.15) is 5.54 Å². The first-order chi connectivity index (χ1) is 8.36. The molecule has 1 N–H and O–H groups in total. The fourth-order valence-electron chi connectivity index (χ4n) is 2.46. The number of hydrogen-bond acceptors (Lipinski definition) is 2. The first kappa shape index (κ1) is 12.9. The minimum Gasteiger partial charge on any atom is -0.479 e. The Morgan fingerprint density at radius 1 is 1.33 bits per heavy atom. The van der Waals surface area contributed by atoms with Crippen LogP contribution in [0.5, 0.6) is 0 Å². The standard InChI is InChI=1S/C13H14ClNO3/c1-8(16)15(2)13(12(17)18)6-9-3-4-11(14)5-10(9)7-13/h3-5H,6-7H2,1-2H3,(H,17,18). The number of carbonyl (C=O) groups excluding carboxylic acids is 1. The molecule has 1 unspecified atom stereocenters. The van der Waals surface area contributed by atoms with E-state index in [2.05, 4.69) is 0 Å². The predicted octanol–water partition coefficient (Wildman–Crippen LogP) is 1.74. The molecule has 0 spiro atoms. The van der Waals surface area contributed by atoms with Crippen LogP contribution in [0.3, 0.4) is 0 Å². The Morgan fingerprint density at radius 2 is 1.94 bits per heavy atom. The predicted molar refractivity (Wildman–Crippen MR) is 67.7 cm³/mol. The van der Waals surface area contributed by atoms with Crippen LogP contribution in [-0.4, -0.2) is 34.5 Å². The van der Waals surface area contributed by atoms with Gasteiger partial charge in [-0.05, 0) is 23.3 Å². The molecule has 1 aliphatic rings. The van der Waals surface area contributed by atoms with Crippen molar-refractivity contribution in [1.82, 2.24) is 4.90 Å². The third-order valence-corrected chi connectivity index (χ3v) is 3.88. The highest BCUT2D eigenvalue weighted by Crippen LogP contribution is 2.35. The summed E-state index contributed by atoms with van der Waals surface area (Å²) in [5.74, 6) is -1.23. The zero-order valence-electron chi connectivity index (χ0n) is 10.2. The molecule has 0 radical (unpaired) electrons. The molecule has 0 saturated carbocycles. The Bertz CT molecular complexity index is 529. The molecule has 0 saturated heterocycles. The van der Waals surface area contributed by atoms with Crippen LogP contribution in [0.2, 0.25) is 5.02 Å². The molecule has 0 aliphatic heterocycles. The summed E-state index contributed by atoms with van der Waals surface area (Å²) in [4.78, 5) is 24.4. The third-order valence-electron chi connectivity index (χ3n) is 3.65. The zero-order valence-corrected chi connectivity index (χ0v) is 11.0. The average Bonchev–Trinajstić information content (AvgIpc) is 2.67. The van der Waals surface area contributed by atoms with E-state index in [1.54, 1.807) is 12.1 Å². The fraction of sp³-hybridized carbons (Fsp3) is 0.385. The number of fused-ring (bicyclic) bond motifs is 1. The SMILES string of the molecule is CC(=O)N(C)C1(C(=O)O)Cc2ccc(Cl)cc2C1. The average molecular weight is 268 g/mol. The molecule has 0 fully saturated rings. The van der Waals surface area contributed by atoms with Crippen LogP contribution in [0.25, 0.3) is 0 Å². The minimum atomic E-state index is -1.18. The maximum Gasteiger partial charge on any atom is 0.330 e. The minimum absolute atomic E-state index is 0.253. The van der Waals surface area contributed by atoms with E-state index in [4.69, 9.17) is 11.6 Å². The van der Waals surface area contributed by atoms with E-state index < -0.39 is 11.5 Å². The zero-order chi connectivity index (χ0) is 13.5. The normalized spacial score (nSPS) is 21.5. The Morgan fingerprint density at radius 3 is 2.50 bits per heavy atom. The summed E-state index contributed by atoms with van der Waals surface area (Å²) >= 11 is 5.91. The summed E-state index contributed by atoms with van der Waals surface area (Å²) in [6.07, 6.45) is 0.624. The Balaban J connectivity index is 2.44. The number of hydrogen-bond donors (Lipinski definition) is 1. The van der Waals surface area contributed by atoms with Crippen molar-refractivity contribution in [2.45, 2.75) is 25.3 Å². The van der Waals surface area contributed by atoms with Gasteiger partial charge < -0.3 is 10.0 Å². The van der Waals surface area contributed by atoms with Crippen LogP contribution in [0.1, 0.15) is 18.1 Å². The molecule has 0 bridgehead atoms. The monoisotopic (exact) mass is 267 g/mol. The van der Waals surface area contributed by atoms with Gasteiger partial charge in [-0.2, -0.15) is 0 Å². The molecule has 18 heavy (non-hydrogen) atoms. The van der Waals surface area contributed by atoms with Crippen LogP contribution in [0.4, 0.5) is 0 Å². The van der Waals surface area contributed by atoms with Crippen molar-refractivity contribution >= 4 is 23.5 Å². The Hall–Kier alpha value is -1.55. The quantitative estimate of drug-likeness (QED) is 0.888. The van der Waals surface area contributed by atoms with Gasteiger partial charge in [0.15, 0.2) is 0 Å². The van der Waals surface area contributed by atoms with Crippen LogP contribution in [0, 0.1) is 0 Å². The number of likely N-dealkylation sites (N-methyl/N-ethyl adjacent to an activating group) is 1. The number of amides is 1. The van der Waals surface area contributed by atoms with Gasteiger partial charge in [-0.15, -0.1) is 0 Å². The van der Waals surface area contributed by atoms with Crippen LogP contribution >= 0.6 is 11.6 Å². The second kappa shape index (κ2) is 4.28. The highest BCUT2D eigenvalue weighted by molar-refractivity contribution is 6.30. The van der Waals surface area contributed by atoms with Crippen molar-refractivity contribution in [3.8, 4) is 0 Å². The van der Waals surface area contributed by atoms with Crippen molar-refractivity contribution in [1.29, 1.82) is 0 Å². The van der Waals surface area contributed by atoms with Gasteiger partial charge in [0.05, 0.1) is 0 Å².